The van der Waals surface area contributed by atoms with Gasteiger partial charge in [0.15, 0.2) is 5.78 Å². The Morgan fingerprint density at radius 2 is 1.32 bits per heavy atom. The highest BCUT2D eigenvalue weighted by molar-refractivity contribution is 6.23. The molecule has 0 heterocycles. The highest BCUT2D eigenvalue weighted by Crippen LogP contribution is 2.62. The Bertz CT molecular complexity index is 782. The van der Waals surface area contributed by atoms with Gasteiger partial charge in [-0.1, -0.05) is 48.5 Å². The van der Waals surface area contributed by atoms with E-state index >= 15 is 0 Å². The van der Waals surface area contributed by atoms with E-state index in [1.807, 2.05) is 18.2 Å². The lowest BCUT2D eigenvalue weighted by Crippen LogP contribution is -2.06. The van der Waals surface area contributed by atoms with Gasteiger partial charge in [-0.05, 0) is 28.7 Å². The summed E-state index contributed by atoms with van der Waals surface area (Å²) >= 11 is 0. The zero-order valence-electron chi connectivity index (χ0n) is 10.4. The largest absolute Gasteiger partial charge is 0.289 e. The molecule has 1 nitrogen and oxygen atoms in total. The van der Waals surface area contributed by atoms with Crippen molar-refractivity contribution in [3.63, 3.8) is 0 Å². The number of rotatable bonds is 0. The number of carbonyl (C=O) groups excluding carboxylic acids is 1. The van der Waals surface area contributed by atoms with E-state index in [9.17, 15) is 4.79 Å². The van der Waals surface area contributed by atoms with Gasteiger partial charge in [0.25, 0.3) is 0 Å². The van der Waals surface area contributed by atoms with E-state index < -0.39 is 0 Å². The molecule has 0 fully saturated rings. The van der Waals surface area contributed by atoms with Crippen LogP contribution in [-0.4, -0.2) is 5.78 Å². The van der Waals surface area contributed by atoms with Gasteiger partial charge in [0.1, 0.15) is 0 Å². The summed E-state index contributed by atoms with van der Waals surface area (Å²) in [5, 5.41) is 0. The predicted octanol–water partition coefficient (Wildman–Crippen LogP) is 3.92. The fourth-order valence-corrected chi connectivity index (χ4v) is 4.23. The molecule has 0 saturated carbocycles. The topological polar surface area (TPSA) is 17.1 Å². The molecule has 0 saturated heterocycles. The van der Waals surface area contributed by atoms with Crippen LogP contribution in [0.4, 0.5) is 0 Å². The molecule has 0 radical (unpaired) electrons. The van der Waals surface area contributed by atoms with E-state index in [1.165, 1.54) is 22.3 Å². The molecule has 3 aliphatic rings. The molecule has 0 aromatic heterocycles. The molecule has 90 valence electrons. The molecule has 0 aliphatic heterocycles. The Kier molecular flexibility index (Phi) is 1.56. The molecule has 5 rings (SSSR count). The van der Waals surface area contributed by atoms with Crippen LogP contribution in [0.3, 0.4) is 0 Å². The number of benzene rings is 2. The zero-order chi connectivity index (χ0) is 12.6. The van der Waals surface area contributed by atoms with Crippen molar-refractivity contribution in [1.29, 1.82) is 0 Å². The van der Waals surface area contributed by atoms with Gasteiger partial charge in [0.05, 0.1) is 0 Å². The summed E-state index contributed by atoms with van der Waals surface area (Å²) in [5.74, 6) is 1.06. The summed E-state index contributed by atoms with van der Waals surface area (Å²) in [5.41, 5.74) is 7.33. The maximum absolute atomic E-state index is 12.6. The van der Waals surface area contributed by atoms with Crippen molar-refractivity contribution in [3.05, 3.63) is 76.4 Å². The van der Waals surface area contributed by atoms with Crippen molar-refractivity contribution in [2.75, 3.05) is 0 Å². The van der Waals surface area contributed by atoms with E-state index in [4.69, 9.17) is 0 Å². The highest BCUT2D eigenvalue weighted by Gasteiger charge is 2.49. The van der Waals surface area contributed by atoms with Crippen LogP contribution in [0.2, 0.25) is 0 Å². The number of hydrogen-bond donors (Lipinski definition) is 0. The van der Waals surface area contributed by atoms with Crippen molar-refractivity contribution in [1.82, 2.24) is 0 Å². The van der Waals surface area contributed by atoms with E-state index in [2.05, 4.69) is 30.3 Å². The van der Waals surface area contributed by atoms with Crippen LogP contribution in [0, 0.1) is 0 Å². The Labute approximate surface area is 111 Å². The van der Waals surface area contributed by atoms with Gasteiger partial charge in [-0.2, -0.15) is 0 Å². The smallest absolute Gasteiger partial charge is 0.190 e. The molecule has 19 heavy (non-hydrogen) atoms. The maximum atomic E-state index is 12.6. The first-order chi connectivity index (χ1) is 9.36. The van der Waals surface area contributed by atoms with Crippen LogP contribution < -0.4 is 0 Å². The molecule has 2 aromatic carbocycles. The van der Waals surface area contributed by atoms with Gasteiger partial charge in [-0.25, -0.2) is 0 Å². The Hall–Kier alpha value is -2.15. The normalized spacial score (nSPS) is 25.6. The third-order valence-corrected chi connectivity index (χ3v) is 4.91. The summed E-state index contributed by atoms with van der Waals surface area (Å²) in [4.78, 5) is 12.6. The molecule has 0 N–H and O–H groups in total. The van der Waals surface area contributed by atoms with Gasteiger partial charge in [0.2, 0.25) is 0 Å². The third-order valence-electron chi connectivity index (χ3n) is 4.91. The number of ketones is 1. The second-order valence-corrected chi connectivity index (χ2v) is 5.67. The summed E-state index contributed by atoms with van der Waals surface area (Å²) in [6.45, 7) is 0. The molecule has 2 atom stereocenters. The number of allylic oxidation sites excluding steroid dienone is 2. The van der Waals surface area contributed by atoms with Crippen molar-refractivity contribution in [2.24, 2.45) is 0 Å². The molecular weight excluding hydrogens is 232 g/mol. The minimum absolute atomic E-state index is 0.271. The van der Waals surface area contributed by atoms with Crippen LogP contribution in [0.15, 0.2) is 54.1 Å². The number of carbonyl (C=O) groups is 1. The molecule has 3 aliphatic carbocycles. The minimum Gasteiger partial charge on any atom is -0.289 e. The van der Waals surface area contributed by atoms with E-state index in [-0.39, 0.29) is 5.78 Å². The standard InChI is InChI=1S/C18H12O/c19-18-13-8-4-3-7-12(13)16-14-9-15(17(16)18)11-6-2-1-5-10(11)14/h1-8,14-15H,9H2/t14-,15+/m1/s1. The second kappa shape index (κ2) is 3.05. The van der Waals surface area contributed by atoms with Crippen LogP contribution in [0.25, 0.3) is 5.57 Å². The zero-order valence-corrected chi connectivity index (χ0v) is 10.4. The fraction of sp³-hybridized carbons (Fsp3) is 0.167. The lowest BCUT2D eigenvalue weighted by Gasteiger charge is -2.17. The number of hydrogen-bond acceptors (Lipinski definition) is 1. The summed E-state index contributed by atoms with van der Waals surface area (Å²) < 4.78 is 0. The van der Waals surface area contributed by atoms with Gasteiger partial charge in [0, 0.05) is 23.0 Å². The van der Waals surface area contributed by atoms with Gasteiger partial charge in [-0.15, -0.1) is 0 Å². The molecule has 2 bridgehead atoms. The molecule has 0 unspecified atom stereocenters. The molecular formula is C18H12O. The average molecular weight is 244 g/mol. The first-order valence-corrected chi connectivity index (χ1v) is 6.83. The highest BCUT2D eigenvalue weighted by atomic mass is 16.1. The number of fused-ring (bicyclic) bond motifs is 9. The molecule has 0 spiro atoms. The predicted molar refractivity (Wildman–Crippen MR) is 74.2 cm³/mol. The van der Waals surface area contributed by atoms with Crippen LogP contribution in [0.5, 0.6) is 0 Å². The minimum atomic E-state index is 0.271. The Morgan fingerprint density at radius 3 is 2.05 bits per heavy atom. The van der Waals surface area contributed by atoms with Crippen LogP contribution >= 0.6 is 0 Å². The third kappa shape index (κ3) is 0.975. The lowest BCUT2D eigenvalue weighted by atomic mass is 9.86. The Balaban J connectivity index is 1.81. The van der Waals surface area contributed by atoms with E-state index in [0.29, 0.717) is 11.8 Å². The van der Waals surface area contributed by atoms with Crippen LogP contribution in [-0.2, 0) is 0 Å². The van der Waals surface area contributed by atoms with Crippen molar-refractivity contribution >= 4 is 11.4 Å². The first-order valence-electron chi connectivity index (χ1n) is 6.83. The monoisotopic (exact) mass is 244 g/mol. The van der Waals surface area contributed by atoms with Crippen molar-refractivity contribution in [3.8, 4) is 0 Å². The van der Waals surface area contributed by atoms with Crippen LogP contribution in [0.1, 0.15) is 45.3 Å². The second-order valence-electron chi connectivity index (χ2n) is 5.67. The Morgan fingerprint density at radius 1 is 0.737 bits per heavy atom. The van der Waals surface area contributed by atoms with E-state index in [0.717, 1.165) is 17.6 Å². The lowest BCUT2D eigenvalue weighted by molar-refractivity contribution is 0.103. The van der Waals surface area contributed by atoms with Crippen molar-refractivity contribution in [2.45, 2.75) is 18.3 Å². The maximum Gasteiger partial charge on any atom is 0.190 e. The summed E-state index contributed by atoms with van der Waals surface area (Å²) in [7, 11) is 0. The number of Topliss-reactive ketones (excluding diaryl/α,β-unsaturated/α-hetero) is 1. The SMILES string of the molecule is O=C1C2=C(c3ccccc31)[C@@H]1C[C@H]2c2ccccc21. The molecule has 1 heteroatoms. The van der Waals surface area contributed by atoms with Gasteiger partial charge in [-0.3, -0.25) is 4.79 Å². The summed E-state index contributed by atoms with van der Waals surface area (Å²) in [6.07, 6.45) is 1.10. The van der Waals surface area contributed by atoms with Gasteiger partial charge < -0.3 is 0 Å². The average Bonchev–Trinajstić information content (AvgIpc) is 3.10. The van der Waals surface area contributed by atoms with E-state index in [1.54, 1.807) is 0 Å². The van der Waals surface area contributed by atoms with Gasteiger partial charge >= 0.3 is 0 Å². The molecule has 0 amide bonds. The molecule has 2 aromatic rings. The van der Waals surface area contributed by atoms with Crippen molar-refractivity contribution < 1.29 is 4.79 Å². The fourth-order valence-electron chi connectivity index (χ4n) is 4.23. The summed E-state index contributed by atoms with van der Waals surface area (Å²) in [6, 6.07) is 16.7. The first kappa shape index (κ1) is 9.74. The quantitative estimate of drug-likeness (QED) is 0.686.